The molecule has 0 bridgehead atoms. The quantitative estimate of drug-likeness (QED) is 0.419. The molecule has 7 heavy (non-hydrogen) atoms. The Labute approximate surface area is 40.4 Å². The van der Waals surface area contributed by atoms with Crippen molar-refractivity contribution in [3.63, 3.8) is 0 Å². The van der Waals surface area contributed by atoms with Crippen LogP contribution in [0.25, 0.3) is 0 Å². The molecule has 0 fully saturated rings. The summed E-state index contributed by atoms with van der Waals surface area (Å²) in [6.45, 7) is 0. The minimum Gasteiger partial charge on any atom is -0.473 e. The molecule has 42 valence electrons. The molecule has 0 aliphatic rings. The van der Waals surface area contributed by atoms with Gasteiger partial charge in [0.2, 0.25) is 0 Å². The maximum absolute atomic E-state index is 9.10. The highest BCUT2D eigenvalue weighted by atomic mass is 16.4. The minimum absolute atomic E-state index is 0. The van der Waals surface area contributed by atoms with Gasteiger partial charge in [0.15, 0.2) is 0 Å². The SMILES string of the molecule is C.O=C(O)C(=O)O. The molecule has 0 aromatic heterocycles. The molecule has 0 saturated carbocycles. The van der Waals surface area contributed by atoms with E-state index < -0.39 is 11.9 Å². The summed E-state index contributed by atoms with van der Waals surface area (Å²) in [5.74, 6) is -3.65. The number of rotatable bonds is 0. The number of hydrogen-bond acceptors (Lipinski definition) is 2. The van der Waals surface area contributed by atoms with Gasteiger partial charge in [-0.15, -0.1) is 0 Å². The monoisotopic (exact) mass is 106 g/mol. The fraction of sp³-hybridized carbons (Fsp3) is 0.333. The molecule has 0 radical (unpaired) electrons. The molecule has 0 aliphatic carbocycles. The molecule has 0 amide bonds. The second kappa shape index (κ2) is 3.14. The lowest BCUT2D eigenvalue weighted by Crippen LogP contribution is -2.09. The highest BCUT2D eigenvalue weighted by molar-refractivity contribution is 6.27. The summed E-state index contributed by atoms with van der Waals surface area (Å²) in [5, 5.41) is 14.8. The Bertz CT molecular complexity index is 72.9. The summed E-state index contributed by atoms with van der Waals surface area (Å²) in [6, 6.07) is 0. The molecule has 0 aliphatic heterocycles. The molecule has 0 atom stereocenters. The summed E-state index contributed by atoms with van der Waals surface area (Å²) in [6.07, 6.45) is 0. The highest BCUT2D eigenvalue weighted by Crippen LogP contribution is 1.56. The highest BCUT2D eigenvalue weighted by Gasteiger charge is 2.04. The third-order valence-electron chi connectivity index (χ3n) is 0.183. The molecule has 0 spiro atoms. The molecule has 4 heteroatoms. The Morgan fingerprint density at radius 3 is 1.14 bits per heavy atom. The first-order valence-electron chi connectivity index (χ1n) is 1.11. The maximum Gasteiger partial charge on any atom is 0.414 e. The van der Waals surface area contributed by atoms with Crippen molar-refractivity contribution in [2.24, 2.45) is 0 Å². The maximum atomic E-state index is 9.10. The van der Waals surface area contributed by atoms with Crippen molar-refractivity contribution in [3.8, 4) is 0 Å². The Morgan fingerprint density at radius 1 is 1.00 bits per heavy atom. The first kappa shape index (κ1) is 9.34. The Morgan fingerprint density at radius 2 is 1.14 bits per heavy atom. The Balaban J connectivity index is 0. The molecular weight excluding hydrogens is 100 g/mol. The summed E-state index contributed by atoms with van der Waals surface area (Å²) in [4.78, 5) is 18.2. The van der Waals surface area contributed by atoms with Gasteiger partial charge in [0, 0.05) is 0 Å². The summed E-state index contributed by atoms with van der Waals surface area (Å²) < 4.78 is 0. The van der Waals surface area contributed by atoms with Crippen molar-refractivity contribution in [3.05, 3.63) is 0 Å². The lowest BCUT2D eigenvalue weighted by Gasteiger charge is -1.72. The molecule has 0 heterocycles. The summed E-state index contributed by atoms with van der Waals surface area (Å²) in [7, 11) is 0. The average molecular weight is 106 g/mol. The number of carboxylic acid groups (broad SMARTS) is 2. The van der Waals surface area contributed by atoms with Crippen molar-refractivity contribution in [1.29, 1.82) is 0 Å². The Kier molecular flexibility index (Phi) is 4.19. The third-order valence-corrected chi connectivity index (χ3v) is 0.183. The van der Waals surface area contributed by atoms with E-state index in [0.717, 1.165) is 0 Å². The third kappa shape index (κ3) is 4.94. The van der Waals surface area contributed by atoms with E-state index in [-0.39, 0.29) is 7.43 Å². The topological polar surface area (TPSA) is 74.6 Å². The zero-order valence-electron chi connectivity index (χ0n) is 2.71. The van der Waals surface area contributed by atoms with E-state index in [4.69, 9.17) is 19.8 Å². The molecule has 0 aromatic rings. The predicted octanol–water partition coefficient (Wildman–Crippen LogP) is -0.208. The number of carbonyl (C=O) groups is 2. The molecule has 4 nitrogen and oxygen atoms in total. The summed E-state index contributed by atoms with van der Waals surface area (Å²) >= 11 is 0. The Hall–Kier alpha value is -1.06. The van der Waals surface area contributed by atoms with Gasteiger partial charge in [-0.1, -0.05) is 7.43 Å². The zero-order valence-corrected chi connectivity index (χ0v) is 2.71. The van der Waals surface area contributed by atoms with E-state index in [1.165, 1.54) is 0 Å². The lowest BCUT2D eigenvalue weighted by atomic mass is 10.7. The van der Waals surface area contributed by atoms with Crippen LogP contribution in [0.15, 0.2) is 0 Å². The largest absolute Gasteiger partial charge is 0.473 e. The molecular formula is C3H6O4. The van der Waals surface area contributed by atoms with Gasteiger partial charge < -0.3 is 10.2 Å². The van der Waals surface area contributed by atoms with E-state index in [1.807, 2.05) is 0 Å². The van der Waals surface area contributed by atoms with Crippen molar-refractivity contribution < 1.29 is 19.8 Å². The number of hydrogen-bond donors (Lipinski definition) is 2. The molecule has 0 unspecified atom stereocenters. The fourth-order valence-corrected chi connectivity index (χ4v) is 0. The smallest absolute Gasteiger partial charge is 0.414 e. The van der Waals surface area contributed by atoms with E-state index >= 15 is 0 Å². The first-order chi connectivity index (χ1) is 2.64. The second-order valence-electron chi connectivity index (χ2n) is 0.610. The van der Waals surface area contributed by atoms with Gasteiger partial charge in [0.1, 0.15) is 0 Å². The number of aliphatic carboxylic acids is 2. The lowest BCUT2D eigenvalue weighted by molar-refractivity contribution is -0.159. The van der Waals surface area contributed by atoms with Crippen LogP contribution in [-0.2, 0) is 9.59 Å². The van der Waals surface area contributed by atoms with Crippen LogP contribution in [0.2, 0.25) is 0 Å². The van der Waals surface area contributed by atoms with Crippen molar-refractivity contribution in [2.45, 2.75) is 7.43 Å². The second-order valence-corrected chi connectivity index (χ2v) is 0.610. The molecule has 0 rings (SSSR count). The van der Waals surface area contributed by atoms with Gasteiger partial charge in [-0.3, -0.25) is 0 Å². The van der Waals surface area contributed by atoms with Gasteiger partial charge in [-0.2, -0.15) is 0 Å². The van der Waals surface area contributed by atoms with E-state index in [9.17, 15) is 0 Å². The van der Waals surface area contributed by atoms with Crippen LogP contribution in [0, 0.1) is 0 Å². The van der Waals surface area contributed by atoms with Gasteiger partial charge in [0.25, 0.3) is 0 Å². The van der Waals surface area contributed by atoms with Crippen molar-refractivity contribution in [1.82, 2.24) is 0 Å². The zero-order chi connectivity index (χ0) is 5.15. The van der Waals surface area contributed by atoms with Gasteiger partial charge >= 0.3 is 11.9 Å². The minimum atomic E-state index is -1.82. The van der Waals surface area contributed by atoms with Crippen molar-refractivity contribution in [2.75, 3.05) is 0 Å². The van der Waals surface area contributed by atoms with Crippen LogP contribution in [-0.4, -0.2) is 22.2 Å². The van der Waals surface area contributed by atoms with Crippen LogP contribution < -0.4 is 0 Å². The number of carboxylic acids is 2. The first-order valence-corrected chi connectivity index (χ1v) is 1.11. The molecule has 2 N–H and O–H groups in total. The van der Waals surface area contributed by atoms with Crippen LogP contribution in [0.5, 0.6) is 0 Å². The molecule has 0 aromatic carbocycles. The van der Waals surface area contributed by atoms with Gasteiger partial charge in [0.05, 0.1) is 0 Å². The van der Waals surface area contributed by atoms with Gasteiger partial charge in [-0.25, -0.2) is 9.59 Å². The van der Waals surface area contributed by atoms with Crippen molar-refractivity contribution >= 4 is 11.9 Å². The van der Waals surface area contributed by atoms with E-state index in [1.54, 1.807) is 0 Å². The van der Waals surface area contributed by atoms with E-state index in [2.05, 4.69) is 0 Å². The van der Waals surface area contributed by atoms with Crippen LogP contribution in [0.4, 0.5) is 0 Å². The normalized spacial score (nSPS) is 6.29. The fourth-order valence-electron chi connectivity index (χ4n) is 0. The van der Waals surface area contributed by atoms with Gasteiger partial charge in [-0.05, 0) is 0 Å². The van der Waals surface area contributed by atoms with E-state index in [0.29, 0.717) is 0 Å². The standard InChI is InChI=1S/C2H2O4.CH4/c3-1(4)2(5)6;/h(H,3,4)(H,5,6);1H4. The predicted molar refractivity (Wildman–Crippen MR) is 22.0 cm³/mol. The van der Waals surface area contributed by atoms with Crippen LogP contribution in [0.1, 0.15) is 7.43 Å². The van der Waals surface area contributed by atoms with Crippen LogP contribution >= 0.6 is 0 Å². The summed E-state index contributed by atoms with van der Waals surface area (Å²) in [5.41, 5.74) is 0. The van der Waals surface area contributed by atoms with Crippen LogP contribution in [0.3, 0.4) is 0 Å². The average Bonchev–Trinajstić information content (AvgIpc) is 1.36. The molecule has 0 saturated heterocycles.